The molecule has 19 heavy (non-hydrogen) atoms. The molecule has 4 heteroatoms. The number of rotatable bonds is 6. The molecule has 1 aromatic rings. The molecule has 1 unspecified atom stereocenters. The molecule has 0 bridgehead atoms. The molecule has 106 valence electrons. The molecule has 1 aliphatic heterocycles. The first-order chi connectivity index (χ1) is 9.22. The average Bonchev–Trinajstić information content (AvgIpc) is 2.91. The van der Waals surface area contributed by atoms with Crippen molar-refractivity contribution in [2.45, 2.75) is 32.1 Å². The van der Waals surface area contributed by atoms with Crippen LogP contribution in [0.5, 0.6) is 5.75 Å². The maximum Gasteiger partial charge on any atom is 0.159 e. The molecule has 1 heterocycles. The summed E-state index contributed by atoms with van der Waals surface area (Å²) in [6.07, 6.45) is 1.69. The van der Waals surface area contributed by atoms with Gasteiger partial charge in [-0.25, -0.2) is 0 Å². The van der Waals surface area contributed by atoms with E-state index in [1.807, 2.05) is 13.1 Å². The largest absolute Gasteiger partial charge is 0.496 e. The molecule has 1 aromatic carbocycles. The Hall–Kier alpha value is -1.10. The minimum Gasteiger partial charge on any atom is -0.496 e. The van der Waals surface area contributed by atoms with E-state index in [1.54, 1.807) is 7.11 Å². The molecule has 0 aromatic heterocycles. The van der Waals surface area contributed by atoms with Crippen LogP contribution in [0.4, 0.5) is 0 Å². The van der Waals surface area contributed by atoms with E-state index in [0.717, 1.165) is 18.6 Å². The number of hydrogen-bond acceptors (Lipinski definition) is 4. The minimum atomic E-state index is -0.0757. The Bertz CT molecular complexity index is 402. The highest BCUT2D eigenvalue weighted by molar-refractivity contribution is 5.37. The van der Waals surface area contributed by atoms with Crippen molar-refractivity contribution < 1.29 is 14.2 Å². The van der Waals surface area contributed by atoms with E-state index >= 15 is 0 Å². The molecule has 0 saturated carbocycles. The minimum absolute atomic E-state index is 0.0757. The highest BCUT2D eigenvalue weighted by Gasteiger charge is 2.21. The highest BCUT2D eigenvalue weighted by Crippen LogP contribution is 2.23. The summed E-state index contributed by atoms with van der Waals surface area (Å²) in [7, 11) is 3.69. The zero-order valence-corrected chi connectivity index (χ0v) is 11.9. The number of methoxy groups -OCH3 is 1. The van der Waals surface area contributed by atoms with E-state index in [4.69, 9.17) is 14.2 Å². The Balaban J connectivity index is 2.02. The maximum atomic E-state index is 5.51. The van der Waals surface area contributed by atoms with Crippen LogP contribution in [0.3, 0.4) is 0 Å². The van der Waals surface area contributed by atoms with Crippen LogP contribution in [0.25, 0.3) is 0 Å². The number of nitrogens with one attached hydrogen (secondary N) is 1. The van der Waals surface area contributed by atoms with Crippen LogP contribution in [0, 0.1) is 6.92 Å². The van der Waals surface area contributed by atoms with Crippen molar-refractivity contribution in [1.29, 1.82) is 0 Å². The fourth-order valence-electron chi connectivity index (χ4n) is 2.41. The summed E-state index contributed by atoms with van der Waals surface area (Å²) in [5.41, 5.74) is 2.47. The van der Waals surface area contributed by atoms with Crippen molar-refractivity contribution in [3.8, 4) is 5.75 Å². The van der Waals surface area contributed by atoms with E-state index in [-0.39, 0.29) is 6.29 Å². The van der Waals surface area contributed by atoms with Gasteiger partial charge in [0.1, 0.15) is 5.75 Å². The quantitative estimate of drug-likeness (QED) is 0.852. The summed E-state index contributed by atoms with van der Waals surface area (Å²) in [4.78, 5) is 0. The Morgan fingerprint density at radius 3 is 2.74 bits per heavy atom. The molecule has 1 saturated heterocycles. The lowest BCUT2D eigenvalue weighted by Crippen LogP contribution is -2.32. The number of ether oxygens (including phenoxy) is 3. The molecule has 0 spiro atoms. The molecule has 0 amide bonds. The zero-order valence-electron chi connectivity index (χ0n) is 11.9. The highest BCUT2D eigenvalue weighted by atomic mass is 16.7. The van der Waals surface area contributed by atoms with Crippen LogP contribution in [0.1, 0.15) is 17.5 Å². The second-order valence-electron chi connectivity index (χ2n) is 4.91. The van der Waals surface area contributed by atoms with Gasteiger partial charge in [-0.05, 0) is 32.0 Å². The lowest BCUT2D eigenvalue weighted by atomic mass is 10.0. The molecule has 1 N–H and O–H groups in total. The van der Waals surface area contributed by atoms with Crippen LogP contribution in [-0.2, 0) is 15.9 Å². The Morgan fingerprint density at radius 2 is 2.11 bits per heavy atom. The van der Waals surface area contributed by atoms with Gasteiger partial charge in [-0.15, -0.1) is 0 Å². The number of likely N-dealkylation sites (N-methyl/N-ethyl adjacent to an activating group) is 1. The SMILES string of the molecule is CNC(Cc1cc(C)ccc1OC)CC1OCCO1. The van der Waals surface area contributed by atoms with E-state index in [2.05, 4.69) is 24.4 Å². The third kappa shape index (κ3) is 3.93. The number of benzene rings is 1. The van der Waals surface area contributed by atoms with Crippen LogP contribution in [-0.4, -0.2) is 39.7 Å². The van der Waals surface area contributed by atoms with Gasteiger partial charge in [0.05, 0.1) is 20.3 Å². The van der Waals surface area contributed by atoms with Crippen LogP contribution >= 0.6 is 0 Å². The van der Waals surface area contributed by atoms with E-state index < -0.39 is 0 Å². The van der Waals surface area contributed by atoms with Gasteiger partial charge in [0.2, 0.25) is 0 Å². The van der Waals surface area contributed by atoms with Gasteiger partial charge in [0.25, 0.3) is 0 Å². The summed E-state index contributed by atoms with van der Waals surface area (Å²) in [5.74, 6) is 0.944. The van der Waals surface area contributed by atoms with Crippen molar-refractivity contribution in [3.63, 3.8) is 0 Å². The first-order valence-corrected chi connectivity index (χ1v) is 6.77. The number of aryl methyl sites for hydroxylation is 1. The van der Waals surface area contributed by atoms with Gasteiger partial charge >= 0.3 is 0 Å². The van der Waals surface area contributed by atoms with Crippen LogP contribution in [0.15, 0.2) is 18.2 Å². The van der Waals surface area contributed by atoms with E-state index in [1.165, 1.54) is 11.1 Å². The van der Waals surface area contributed by atoms with Gasteiger partial charge in [-0.1, -0.05) is 17.7 Å². The Labute approximate surface area is 115 Å². The molecule has 1 atom stereocenters. The van der Waals surface area contributed by atoms with Crippen molar-refractivity contribution >= 4 is 0 Å². The van der Waals surface area contributed by atoms with Gasteiger partial charge in [-0.3, -0.25) is 0 Å². The van der Waals surface area contributed by atoms with Crippen molar-refractivity contribution in [3.05, 3.63) is 29.3 Å². The topological polar surface area (TPSA) is 39.7 Å². The standard InChI is InChI=1S/C15H23NO3/c1-11-4-5-14(17-3)12(8-11)9-13(16-2)10-15-18-6-7-19-15/h4-5,8,13,15-16H,6-7,9-10H2,1-3H3. The fraction of sp³-hybridized carbons (Fsp3) is 0.600. The second kappa shape index (κ2) is 6.89. The maximum absolute atomic E-state index is 5.51. The fourth-order valence-corrected chi connectivity index (χ4v) is 2.41. The van der Waals surface area contributed by atoms with Crippen molar-refractivity contribution in [1.82, 2.24) is 5.32 Å². The zero-order chi connectivity index (χ0) is 13.7. The summed E-state index contributed by atoms with van der Waals surface area (Å²) in [5, 5.41) is 3.33. The molecule has 4 nitrogen and oxygen atoms in total. The van der Waals surface area contributed by atoms with Crippen LogP contribution in [0.2, 0.25) is 0 Å². The predicted octanol–water partition coefficient (Wildman–Crippen LogP) is 1.90. The van der Waals surface area contributed by atoms with Crippen molar-refractivity contribution in [2.24, 2.45) is 0 Å². The first kappa shape index (κ1) is 14.3. The molecular formula is C15H23NO3. The lowest BCUT2D eigenvalue weighted by Gasteiger charge is -2.20. The molecule has 0 radical (unpaired) electrons. The smallest absolute Gasteiger partial charge is 0.159 e. The van der Waals surface area contributed by atoms with E-state index in [0.29, 0.717) is 19.3 Å². The predicted molar refractivity (Wildman–Crippen MR) is 74.6 cm³/mol. The molecular weight excluding hydrogens is 242 g/mol. The molecule has 2 rings (SSSR count). The summed E-state index contributed by atoms with van der Waals surface area (Å²) in [6, 6.07) is 6.60. The lowest BCUT2D eigenvalue weighted by molar-refractivity contribution is -0.0522. The monoisotopic (exact) mass is 265 g/mol. The van der Waals surface area contributed by atoms with Gasteiger partial charge in [0.15, 0.2) is 6.29 Å². The average molecular weight is 265 g/mol. The molecule has 1 fully saturated rings. The summed E-state index contributed by atoms with van der Waals surface area (Å²) >= 11 is 0. The van der Waals surface area contributed by atoms with Crippen molar-refractivity contribution in [2.75, 3.05) is 27.4 Å². The first-order valence-electron chi connectivity index (χ1n) is 6.77. The van der Waals surface area contributed by atoms with Gasteiger partial charge < -0.3 is 19.5 Å². The van der Waals surface area contributed by atoms with Crippen LogP contribution < -0.4 is 10.1 Å². The normalized spacial score (nSPS) is 17.6. The number of hydrogen-bond donors (Lipinski definition) is 1. The van der Waals surface area contributed by atoms with Gasteiger partial charge in [-0.2, -0.15) is 0 Å². The molecule has 0 aliphatic carbocycles. The Morgan fingerprint density at radius 1 is 1.37 bits per heavy atom. The Kier molecular flexibility index (Phi) is 5.19. The summed E-state index contributed by atoms with van der Waals surface area (Å²) < 4.78 is 16.4. The summed E-state index contributed by atoms with van der Waals surface area (Å²) in [6.45, 7) is 3.50. The molecule has 1 aliphatic rings. The van der Waals surface area contributed by atoms with E-state index in [9.17, 15) is 0 Å². The third-order valence-electron chi connectivity index (χ3n) is 3.48. The second-order valence-corrected chi connectivity index (χ2v) is 4.91. The van der Waals surface area contributed by atoms with Gasteiger partial charge in [0, 0.05) is 12.5 Å². The third-order valence-corrected chi connectivity index (χ3v) is 3.48.